The summed E-state index contributed by atoms with van der Waals surface area (Å²) in [5, 5.41) is 15.4. The number of aliphatic hydroxyl groups excluding tert-OH is 1. The normalized spacial score (nSPS) is 10.3. The Bertz CT molecular complexity index is 755. The van der Waals surface area contributed by atoms with E-state index in [0.717, 1.165) is 10.2 Å². The maximum atomic E-state index is 12.1. The third kappa shape index (κ3) is 4.11. The zero-order chi connectivity index (χ0) is 17.5. The van der Waals surface area contributed by atoms with Crippen LogP contribution in [0.3, 0.4) is 0 Å². The highest BCUT2D eigenvalue weighted by molar-refractivity contribution is 5.75. The molecule has 8 nitrogen and oxygen atoms in total. The van der Waals surface area contributed by atoms with Crippen LogP contribution in [0, 0.1) is 0 Å². The molecule has 0 spiro atoms. The van der Waals surface area contributed by atoms with Gasteiger partial charge >= 0.3 is 0 Å². The second-order valence-electron chi connectivity index (χ2n) is 4.86. The zero-order valence-electron chi connectivity index (χ0n) is 13.5. The van der Waals surface area contributed by atoms with Crippen LogP contribution in [0.15, 0.2) is 35.1 Å². The van der Waals surface area contributed by atoms with Gasteiger partial charge in [-0.2, -0.15) is 5.10 Å². The molecule has 0 radical (unpaired) electrons. The molecule has 8 heteroatoms. The molecule has 128 valence electrons. The summed E-state index contributed by atoms with van der Waals surface area (Å²) in [4.78, 5) is 23.8. The Kier molecular flexibility index (Phi) is 5.91. The van der Waals surface area contributed by atoms with Crippen LogP contribution in [0.25, 0.3) is 11.3 Å². The van der Waals surface area contributed by atoms with Gasteiger partial charge < -0.3 is 19.9 Å². The molecule has 2 N–H and O–H groups in total. The Balaban J connectivity index is 2.37. The SMILES string of the molecule is COc1ccc(-c2nn(CC(=O)NCCO)c(=O)cc2OC)cc1. The molecule has 0 aliphatic heterocycles. The molecule has 24 heavy (non-hydrogen) atoms. The maximum absolute atomic E-state index is 12.1. The first-order valence-electron chi connectivity index (χ1n) is 7.27. The van der Waals surface area contributed by atoms with Gasteiger partial charge in [-0.25, -0.2) is 4.68 Å². The van der Waals surface area contributed by atoms with Gasteiger partial charge in [-0.3, -0.25) is 9.59 Å². The van der Waals surface area contributed by atoms with Gasteiger partial charge in [0.2, 0.25) is 5.91 Å². The number of hydrogen-bond acceptors (Lipinski definition) is 6. The predicted octanol–water partition coefficient (Wildman–Crippen LogP) is 0.0360. The van der Waals surface area contributed by atoms with Crippen molar-refractivity contribution in [2.75, 3.05) is 27.4 Å². The third-order valence-electron chi connectivity index (χ3n) is 3.27. The van der Waals surface area contributed by atoms with E-state index in [1.807, 2.05) is 0 Å². The topological polar surface area (TPSA) is 103 Å². The van der Waals surface area contributed by atoms with Gasteiger partial charge in [0, 0.05) is 18.2 Å². The number of nitrogens with zero attached hydrogens (tertiary/aromatic N) is 2. The zero-order valence-corrected chi connectivity index (χ0v) is 13.5. The standard InChI is InChI=1S/C16H19N3O5/c1-23-12-5-3-11(4-6-12)16-13(24-2)9-15(22)19(18-16)10-14(21)17-7-8-20/h3-6,9,20H,7-8,10H2,1-2H3,(H,17,21). The van der Waals surface area contributed by atoms with Crippen molar-refractivity contribution >= 4 is 5.91 Å². The number of rotatable bonds is 7. The lowest BCUT2D eigenvalue weighted by Gasteiger charge is -2.11. The Labute approximate surface area is 138 Å². The monoisotopic (exact) mass is 333 g/mol. The third-order valence-corrected chi connectivity index (χ3v) is 3.27. The average Bonchev–Trinajstić information content (AvgIpc) is 2.61. The number of carbonyl (C=O) groups excluding carboxylic acids is 1. The van der Waals surface area contributed by atoms with Crippen molar-refractivity contribution in [3.8, 4) is 22.8 Å². The summed E-state index contributed by atoms with van der Waals surface area (Å²) in [6, 6.07) is 8.38. The highest BCUT2D eigenvalue weighted by Crippen LogP contribution is 2.27. The lowest BCUT2D eigenvalue weighted by Crippen LogP contribution is -2.35. The minimum atomic E-state index is -0.455. The predicted molar refractivity (Wildman–Crippen MR) is 87.1 cm³/mol. The van der Waals surface area contributed by atoms with Crippen LogP contribution in [0.1, 0.15) is 0 Å². The summed E-state index contributed by atoms with van der Waals surface area (Å²) in [5.41, 5.74) is 0.704. The summed E-state index contributed by atoms with van der Waals surface area (Å²) >= 11 is 0. The molecule has 0 bridgehead atoms. The highest BCUT2D eigenvalue weighted by Gasteiger charge is 2.13. The molecule has 0 unspecified atom stereocenters. The van der Waals surface area contributed by atoms with Crippen LogP contribution >= 0.6 is 0 Å². The quantitative estimate of drug-likeness (QED) is 0.741. The number of aromatic nitrogens is 2. The summed E-state index contributed by atoms with van der Waals surface area (Å²) in [6.45, 7) is -0.297. The van der Waals surface area contributed by atoms with Gasteiger partial charge in [0.05, 0.1) is 20.8 Å². The number of benzene rings is 1. The second-order valence-corrected chi connectivity index (χ2v) is 4.86. The minimum absolute atomic E-state index is 0.120. The first kappa shape index (κ1) is 17.5. The molecule has 0 atom stereocenters. The molecule has 1 amide bonds. The summed E-state index contributed by atoms with van der Waals surface area (Å²) in [5.74, 6) is 0.594. The number of aliphatic hydroxyl groups is 1. The van der Waals surface area contributed by atoms with E-state index in [0.29, 0.717) is 17.2 Å². The van der Waals surface area contributed by atoms with Crippen molar-refractivity contribution in [3.05, 3.63) is 40.7 Å². The molecule has 1 aromatic heterocycles. The first-order valence-corrected chi connectivity index (χ1v) is 7.27. The van der Waals surface area contributed by atoms with Crippen molar-refractivity contribution in [1.82, 2.24) is 15.1 Å². The molecule has 0 saturated heterocycles. The average molecular weight is 333 g/mol. The van der Waals surface area contributed by atoms with Crippen molar-refractivity contribution in [3.63, 3.8) is 0 Å². The van der Waals surface area contributed by atoms with Crippen LogP contribution in [0.4, 0.5) is 0 Å². The van der Waals surface area contributed by atoms with E-state index in [4.69, 9.17) is 14.6 Å². The van der Waals surface area contributed by atoms with E-state index in [1.165, 1.54) is 13.2 Å². The second kappa shape index (κ2) is 8.11. The van der Waals surface area contributed by atoms with E-state index in [9.17, 15) is 9.59 Å². The molecule has 1 aromatic carbocycles. The van der Waals surface area contributed by atoms with Gasteiger partial charge in [0.15, 0.2) is 5.75 Å². The van der Waals surface area contributed by atoms with Gasteiger partial charge in [-0.1, -0.05) is 0 Å². The van der Waals surface area contributed by atoms with E-state index >= 15 is 0 Å². The van der Waals surface area contributed by atoms with E-state index < -0.39 is 11.5 Å². The lowest BCUT2D eigenvalue weighted by molar-refractivity contribution is -0.122. The molecule has 0 aliphatic carbocycles. The molecule has 0 saturated carbocycles. The first-order chi connectivity index (χ1) is 11.6. The van der Waals surface area contributed by atoms with Gasteiger partial charge in [-0.15, -0.1) is 0 Å². The largest absolute Gasteiger partial charge is 0.497 e. The Morgan fingerprint density at radius 2 is 1.96 bits per heavy atom. The number of carbonyl (C=O) groups is 1. The number of nitrogens with one attached hydrogen (secondary N) is 1. The van der Waals surface area contributed by atoms with Crippen LogP contribution in [0.2, 0.25) is 0 Å². The van der Waals surface area contributed by atoms with Crippen molar-refractivity contribution in [1.29, 1.82) is 0 Å². The molecule has 1 heterocycles. The molecule has 2 rings (SSSR count). The van der Waals surface area contributed by atoms with E-state index in [1.54, 1.807) is 31.4 Å². The van der Waals surface area contributed by atoms with Crippen molar-refractivity contribution < 1.29 is 19.4 Å². The minimum Gasteiger partial charge on any atom is -0.497 e. The van der Waals surface area contributed by atoms with Crippen molar-refractivity contribution in [2.45, 2.75) is 6.54 Å². The lowest BCUT2D eigenvalue weighted by atomic mass is 10.1. The molecule has 0 aliphatic rings. The number of methoxy groups -OCH3 is 2. The highest BCUT2D eigenvalue weighted by atomic mass is 16.5. The van der Waals surface area contributed by atoms with Crippen LogP contribution in [0.5, 0.6) is 11.5 Å². The van der Waals surface area contributed by atoms with Gasteiger partial charge in [0.25, 0.3) is 5.56 Å². The van der Waals surface area contributed by atoms with Crippen LogP contribution in [-0.2, 0) is 11.3 Å². The van der Waals surface area contributed by atoms with Crippen molar-refractivity contribution in [2.24, 2.45) is 0 Å². The van der Waals surface area contributed by atoms with Crippen LogP contribution in [-0.4, -0.2) is 48.2 Å². The smallest absolute Gasteiger partial charge is 0.270 e. The van der Waals surface area contributed by atoms with Gasteiger partial charge in [0.1, 0.15) is 18.0 Å². The summed E-state index contributed by atoms with van der Waals surface area (Å²) in [7, 11) is 3.01. The molecule has 2 aromatic rings. The molecular weight excluding hydrogens is 314 g/mol. The fraction of sp³-hybridized carbons (Fsp3) is 0.312. The fourth-order valence-electron chi connectivity index (χ4n) is 2.08. The number of ether oxygens (including phenoxy) is 2. The Hall–Kier alpha value is -2.87. The Morgan fingerprint density at radius 1 is 1.25 bits per heavy atom. The number of hydrogen-bond donors (Lipinski definition) is 2. The van der Waals surface area contributed by atoms with E-state index in [-0.39, 0.29) is 19.7 Å². The summed E-state index contributed by atoms with van der Waals surface area (Å²) in [6.07, 6.45) is 0. The number of amides is 1. The van der Waals surface area contributed by atoms with E-state index in [2.05, 4.69) is 10.4 Å². The fourth-order valence-corrected chi connectivity index (χ4v) is 2.08. The molecular formula is C16H19N3O5. The maximum Gasteiger partial charge on any atom is 0.270 e. The Morgan fingerprint density at radius 3 is 2.54 bits per heavy atom. The van der Waals surface area contributed by atoms with Crippen LogP contribution < -0.4 is 20.3 Å². The summed E-state index contributed by atoms with van der Waals surface area (Å²) < 4.78 is 11.4. The van der Waals surface area contributed by atoms with Gasteiger partial charge in [-0.05, 0) is 24.3 Å². The molecule has 0 fully saturated rings.